The van der Waals surface area contributed by atoms with Gasteiger partial charge in [-0.3, -0.25) is 9.59 Å². The summed E-state index contributed by atoms with van der Waals surface area (Å²) < 4.78 is 10.8. The highest BCUT2D eigenvalue weighted by Gasteiger charge is 2.30. The maximum absolute atomic E-state index is 13.3. The van der Waals surface area contributed by atoms with E-state index in [4.69, 9.17) is 15.2 Å². The molecule has 1 aromatic heterocycles. The molecule has 0 saturated carbocycles. The normalized spacial score (nSPS) is 12.8. The van der Waals surface area contributed by atoms with Crippen LogP contribution >= 0.6 is 0 Å². The van der Waals surface area contributed by atoms with Crippen LogP contribution in [0.25, 0.3) is 10.9 Å². The number of esters is 1. The van der Waals surface area contributed by atoms with Gasteiger partial charge in [-0.25, -0.2) is 9.59 Å². The molecule has 0 fully saturated rings. The van der Waals surface area contributed by atoms with Gasteiger partial charge in [0.2, 0.25) is 11.8 Å². The zero-order valence-electron chi connectivity index (χ0n) is 21.8. The van der Waals surface area contributed by atoms with Crippen molar-refractivity contribution in [3.8, 4) is 0 Å². The van der Waals surface area contributed by atoms with E-state index in [0.717, 1.165) is 22.0 Å². The summed E-state index contributed by atoms with van der Waals surface area (Å²) in [5, 5.41) is 6.08. The van der Waals surface area contributed by atoms with E-state index in [1.807, 2.05) is 54.6 Å². The fraction of sp³-hybridized carbons (Fsp3) is 0.357. The van der Waals surface area contributed by atoms with Crippen LogP contribution in [0.4, 0.5) is 4.79 Å². The Bertz CT molecular complexity index is 1270. The highest BCUT2D eigenvalue weighted by atomic mass is 16.6. The predicted molar refractivity (Wildman–Crippen MR) is 142 cm³/mol. The number of primary amides is 1. The summed E-state index contributed by atoms with van der Waals surface area (Å²) in [5.41, 5.74) is 6.95. The van der Waals surface area contributed by atoms with Gasteiger partial charge in [-0.15, -0.1) is 0 Å². The molecule has 0 radical (unpaired) electrons. The van der Waals surface area contributed by atoms with Gasteiger partial charge in [-0.1, -0.05) is 48.5 Å². The molecule has 3 rings (SSSR count). The summed E-state index contributed by atoms with van der Waals surface area (Å²) in [7, 11) is 0. The van der Waals surface area contributed by atoms with E-state index in [1.54, 1.807) is 27.0 Å². The van der Waals surface area contributed by atoms with Crippen molar-refractivity contribution in [1.82, 2.24) is 15.6 Å². The van der Waals surface area contributed by atoms with Crippen LogP contribution < -0.4 is 16.4 Å². The van der Waals surface area contributed by atoms with Crippen molar-refractivity contribution in [2.45, 2.75) is 64.3 Å². The number of nitrogens with two attached hydrogens (primary N) is 1. The summed E-state index contributed by atoms with van der Waals surface area (Å²) in [5.74, 6) is -1.94. The van der Waals surface area contributed by atoms with Crippen LogP contribution in [-0.4, -0.2) is 46.5 Å². The lowest BCUT2D eigenvalue weighted by molar-refractivity contribution is -0.149. The number of nitrogens with one attached hydrogen (secondary N) is 3. The predicted octanol–water partition coefficient (Wildman–Crippen LogP) is 3.10. The number of hydrogen-bond acceptors (Lipinski definition) is 6. The molecule has 10 nitrogen and oxygen atoms in total. The van der Waals surface area contributed by atoms with Gasteiger partial charge in [0.1, 0.15) is 24.3 Å². The third kappa shape index (κ3) is 8.65. The molecule has 10 heteroatoms. The summed E-state index contributed by atoms with van der Waals surface area (Å²) >= 11 is 0. The molecule has 202 valence electrons. The number of carbonyl (C=O) groups excluding carboxylic acids is 4. The Labute approximate surface area is 221 Å². The first-order valence-electron chi connectivity index (χ1n) is 12.4. The number of H-pyrrole nitrogens is 1. The van der Waals surface area contributed by atoms with Crippen LogP contribution in [0.5, 0.6) is 0 Å². The number of rotatable bonds is 11. The molecule has 38 heavy (non-hydrogen) atoms. The standard InChI is InChI=1S/C28H34N4O6/c1-28(2,3)38-27(36)32-22(13-14-24(29)33)25(34)31-23(26(35)37-17-18-9-5-4-6-10-18)15-19-16-30-21-12-8-7-11-20(19)21/h4-12,16,22-23,30H,13-15,17H2,1-3H3,(H2,29,33)(H,31,34)(H,32,36)/t22-,23-/m0/s1. The number of fused-ring (bicyclic) bond motifs is 1. The average Bonchev–Trinajstić information content (AvgIpc) is 3.26. The Balaban J connectivity index is 1.80. The van der Waals surface area contributed by atoms with Crippen LogP contribution in [0.3, 0.4) is 0 Å². The van der Waals surface area contributed by atoms with Gasteiger partial charge in [-0.2, -0.15) is 0 Å². The molecule has 0 aliphatic heterocycles. The lowest BCUT2D eigenvalue weighted by Crippen LogP contribution is -2.53. The number of aromatic amines is 1. The van der Waals surface area contributed by atoms with Crippen LogP contribution in [-0.2, 0) is 36.9 Å². The molecule has 5 N–H and O–H groups in total. The Hall–Kier alpha value is -4.34. The van der Waals surface area contributed by atoms with Crippen molar-refractivity contribution >= 4 is 34.8 Å². The van der Waals surface area contributed by atoms with Crippen molar-refractivity contribution in [3.05, 3.63) is 71.9 Å². The van der Waals surface area contributed by atoms with Gasteiger partial charge in [0.25, 0.3) is 0 Å². The van der Waals surface area contributed by atoms with E-state index < -0.39 is 41.6 Å². The average molecular weight is 523 g/mol. The van der Waals surface area contributed by atoms with Crippen LogP contribution in [0.1, 0.15) is 44.7 Å². The minimum absolute atomic E-state index is 0.0290. The van der Waals surface area contributed by atoms with Crippen molar-refractivity contribution in [3.63, 3.8) is 0 Å². The van der Waals surface area contributed by atoms with Crippen LogP contribution in [0.15, 0.2) is 60.8 Å². The molecule has 0 bridgehead atoms. The molecule has 0 spiro atoms. The van der Waals surface area contributed by atoms with Crippen molar-refractivity contribution < 1.29 is 28.7 Å². The number of amides is 3. The monoisotopic (exact) mass is 522 g/mol. The number of alkyl carbamates (subject to hydrolysis) is 1. The summed E-state index contributed by atoms with van der Waals surface area (Å²) in [6.45, 7) is 5.09. The number of para-hydroxylation sites is 1. The zero-order chi connectivity index (χ0) is 27.7. The largest absolute Gasteiger partial charge is 0.459 e. The Kier molecular flexibility index (Phi) is 9.48. The minimum atomic E-state index is -1.16. The van der Waals surface area contributed by atoms with Gasteiger partial charge in [0, 0.05) is 29.9 Å². The van der Waals surface area contributed by atoms with Gasteiger partial charge in [0.05, 0.1) is 0 Å². The first kappa shape index (κ1) is 28.2. The molecular weight excluding hydrogens is 488 g/mol. The number of carbonyl (C=O) groups is 4. The van der Waals surface area contributed by atoms with Gasteiger partial charge >= 0.3 is 12.1 Å². The third-order valence-corrected chi connectivity index (χ3v) is 5.61. The van der Waals surface area contributed by atoms with E-state index in [2.05, 4.69) is 15.6 Å². The number of ether oxygens (including phenoxy) is 2. The van der Waals surface area contributed by atoms with E-state index in [1.165, 1.54) is 0 Å². The smallest absolute Gasteiger partial charge is 0.408 e. The maximum Gasteiger partial charge on any atom is 0.408 e. The first-order chi connectivity index (χ1) is 18.0. The Morgan fingerprint density at radius 1 is 0.947 bits per heavy atom. The molecule has 0 aliphatic carbocycles. The number of benzene rings is 2. The van der Waals surface area contributed by atoms with Gasteiger partial charge in [-0.05, 0) is 44.4 Å². The van der Waals surface area contributed by atoms with E-state index >= 15 is 0 Å². The van der Waals surface area contributed by atoms with E-state index in [-0.39, 0.29) is 25.9 Å². The molecule has 3 amide bonds. The first-order valence-corrected chi connectivity index (χ1v) is 12.4. The van der Waals surface area contributed by atoms with Crippen molar-refractivity contribution in [2.24, 2.45) is 5.73 Å². The number of aromatic nitrogens is 1. The molecule has 2 aromatic carbocycles. The summed E-state index contributed by atoms with van der Waals surface area (Å²) in [6.07, 6.45) is 0.858. The molecule has 1 heterocycles. The van der Waals surface area contributed by atoms with E-state index in [0.29, 0.717) is 0 Å². The quantitative estimate of drug-likeness (QED) is 0.284. The second-order valence-corrected chi connectivity index (χ2v) is 9.92. The van der Waals surface area contributed by atoms with Crippen LogP contribution in [0.2, 0.25) is 0 Å². The summed E-state index contributed by atoms with van der Waals surface area (Å²) in [6, 6.07) is 14.5. The SMILES string of the molecule is CC(C)(C)OC(=O)N[C@@H](CCC(N)=O)C(=O)N[C@@H](Cc1c[nH]c2ccccc12)C(=O)OCc1ccccc1. The third-order valence-electron chi connectivity index (χ3n) is 5.61. The highest BCUT2D eigenvalue weighted by Crippen LogP contribution is 2.20. The molecule has 0 unspecified atom stereocenters. The molecule has 2 atom stereocenters. The lowest BCUT2D eigenvalue weighted by atomic mass is 10.0. The number of hydrogen-bond donors (Lipinski definition) is 4. The summed E-state index contributed by atoms with van der Waals surface area (Å²) in [4.78, 5) is 53.4. The minimum Gasteiger partial charge on any atom is -0.459 e. The second-order valence-electron chi connectivity index (χ2n) is 9.92. The molecule has 0 saturated heterocycles. The molecule has 3 aromatic rings. The van der Waals surface area contributed by atoms with Gasteiger partial charge in [0.15, 0.2) is 0 Å². The van der Waals surface area contributed by atoms with Gasteiger partial charge < -0.3 is 30.8 Å². The maximum atomic E-state index is 13.3. The van der Waals surface area contributed by atoms with Crippen molar-refractivity contribution in [2.75, 3.05) is 0 Å². The topological polar surface area (TPSA) is 153 Å². The second kappa shape index (κ2) is 12.8. The Morgan fingerprint density at radius 2 is 1.63 bits per heavy atom. The Morgan fingerprint density at radius 3 is 2.32 bits per heavy atom. The molecule has 0 aliphatic rings. The zero-order valence-corrected chi connectivity index (χ0v) is 21.8. The van der Waals surface area contributed by atoms with Crippen LogP contribution in [0, 0.1) is 0 Å². The fourth-order valence-corrected chi connectivity index (χ4v) is 3.82. The molecular formula is C28H34N4O6. The van der Waals surface area contributed by atoms with Crippen molar-refractivity contribution in [1.29, 1.82) is 0 Å². The van der Waals surface area contributed by atoms with E-state index in [9.17, 15) is 19.2 Å². The lowest BCUT2D eigenvalue weighted by Gasteiger charge is -2.25. The fourth-order valence-electron chi connectivity index (χ4n) is 3.82. The highest BCUT2D eigenvalue weighted by molar-refractivity contribution is 5.91.